The van der Waals surface area contributed by atoms with Crippen LogP contribution in [0.3, 0.4) is 0 Å². The standard InChI is InChI=1S/C31H33N5O3S2/c1-6-35(20-22-10-8-7-9-11-22)41(38,39)25-15-12-23(13-16-25)29(37)33-28-18-21(2)34-36(28)30-32-26-17-14-24(31(3,4)5)19-27(26)40-30/h7-19H,6,20H2,1-5H3,(H,33,37). The number of aryl methyl sites for hydroxylation is 1. The molecule has 8 nitrogen and oxygen atoms in total. The number of rotatable bonds is 8. The van der Waals surface area contributed by atoms with Gasteiger partial charge in [-0.3, -0.25) is 4.79 Å². The second kappa shape index (κ2) is 11.2. The van der Waals surface area contributed by atoms with Crippen molar-refractivity contribution in [3.8, 4) is 5.13 Å². The lowest BCUT2D eigenvalue weighted by atomic mass is 9.87. The molecular formula is C31H33N5O3S2. The van der Waals surface area contributed by atoms with Gasteiger partial charge in [-0.15, -0.1) is 0 Å². The van der Waals surface area contributed by atoms with Gasteiger partial charge in [0, 0.05) is 24.7 Å². The highest BCUT2D eigenvalue weighted by atomic mass is 32.2. The van der Waals surface area contributed by atoms with Crippen molar-refractivity contribution in [2.45, 2.75) is 51.5 Å². The summed E-state index contributed by atoms with van der Waals surface area (Å²) in [6.07, 6.45) is 0. The molecule has 0 radical (unpaired) electrons. The summed E-state index contributed by atoms with van der Waals surface area (Å²) in [5, 5.41) is 8.14. The van der Waals surface area contributed by atoms with Crippen LogP contribution in [0.4, 0.5) is 5.82 Å². The van der Waals surface area contributed by atoms with Crippen LogP contribution < -0.4 is 5.32 Å². The van der Waals surface area contributed by atoms with Gasteiger partial charge in [0.2, 0.25) is 15.2 Å². The highest BCUT2D eigenvalue weighted by Crippen LogP contribution is 2.32. The molecule has 5 aromatic rings. The second-order valence-corrected chi connectivity index (χ2v) is 13.9. The Morgan fingerprint density at radius 2 is 1.71 bits per heavy atom. The first-order valence-electron chi connectivity index (χ1n) is 13.4. The van der Waals surface area contributed by atoms with Crippen LogP contribution in [0, 0.1) is 6.92 Å². The van der Waals surface area contributed by atoms with Crippen LogP contribution in [-0.4, -0.2) is 39.9 Å². The van der Waals surface area contributed by atoms with Crippen molar-refractivity contribution in [3.05, 3.63) is 101 Å². The van der Waals surface area contributed by atoms with E-state index in [0.717, 1.165) is 21.5 Å². The Labute approximate surface area is 244 Å². The predicted octanol–water partition coefficient (Wildman–Crippen LogP) is 6.55. The Bertz CT molecular complexity index is 1800. The molecule has 0 fully saturated rings. The van der Waals surface area contributed by atoms with Crippen molar-refractivity contribution >= 4 is 43.3 Å². The molecule has 3 aromatic carbocycles. The minimum absolute atomic E-state index is 0.0192. The van der Waals surface area contributed by atoms with Crippen LogP contribution in [0.15, 0.2) is 83.8 Å². The fourth-order valence-corrected chi connectivity index (χ4v) is 6.88. The van der Waals surface area contributed by atoms with E-state index in [1.807, 2.05) is 50.2 Å². The van der Waals surface area contributed by atoms with Gasteiger partial charge in [0.15, 0.2) is 0 Å². The second-order valence-electron chi connectivity index (χ2n) is 10.9. The molecule has 0 spiro atoms. The molecular weight excluding hydrogens is 555 g/mol. The quantitative estimate of drug-likeness (QED) is 0.222. The van der Waals surface area contributed by atoms with Crippen LogP contribution in [0.25, 0.3) is 15.3 Å². The van der Waals surface area contributed by atoms with E-state index < -0.39 is 10.0 Å². The normalized spacial score (nSPS) is 12.2. The van der Waals surface area contributed by atoms with Crippen LogP contribution in [0.2, 0.25) is 0 Å². The number of hydrogen-bond donors (Lipinski definition) is 1. The maximum absolute atomic E-state index is 13.3. The maximum atomic E-state index is 13.3. The molecule has 0 aliphatic rings. The SMILES string of the molecule is CCN(Cc1ccccc1)S(=O)(=O)c1ccc(C(=O)Nc2cc(C)nn2-c2nc3ccc(C(C)(C)C)cc3s2)cc1. The highest BCUT2D eigenvalue weighted by molar-refractivity contribution is 7.89. The molecule has 2 aromatic heterocycles. The minimum atomic E-state index is -3.73. The molecule has 1 amide bonds. The van der Waals surface area contributed by atoms with Crippen molar-refractivity contribution in [2.75, 3.05) is 11.9 Å². The largest absolute Gasteiger partial charge is 0.306 e. The summed E-state index contributed by atoms with van der Waals surface area (Å²) >= 11 is 1.51. The Morgan fingerprint density at radius 1 is 1.00 bits per heavy atom. The first kappa shape index (κ1) is 28.7. The lowest BCUT2D eigenvalue weighted by Crippen LogP contribution is -2.30. The van der Waals surface area contributed by atoms with Gasteiger partial charge in [-0.25, -0.2) is 13.4 Å². The number of sulfonamides is 1. The van der Waals surface area contributed by atoms with E-state index in [1.54, 1.807) is 10.7 Å². The number of nitrogens with one attached hydrogen (secondary N) is 1. The van der Waals surface area contributed by atoms with Crippen molar-refractivity contribution in [1.82, 2.24) is 19.1 Å². The average Bonchev–Trinajstić information content (AvgIpc) is 3.54. The first-order valence-corrected chi connectivity index (χ1v) is 15.6. The van der Waals surface area contributed by atoms with Gasteiger partial charge < -0.3 is 5.32 Å². The molecule has 0 saturated heterocycles. The molecule has 0 atom stereocenters. The van der Waals surface area contributed by atoms with Gasteiger partial charge in [0.25, 0.3) is 5.91 Å². The molecule has 0 aliphatic heterocycles. The Morgan fingerprint density at radius 3 is 2.37 bits per heavy atom. The number of amides is 1. The number of benzene rings is 3. The number of anilines is 1. The van der Waals surface area contributed by atoms with Crippen LogP contribution in [-0.2, 0) is 22.0 Å². The lowest BCUT2D eigenvalue weighted by molar-refractivity contribution is 0.102. The number of thiazole rings is 1. The summed E-state index contributed by atoms with van der Waals surface area (Å²) in [7, 11) is -3.73. The molecule has 2 heterocycles. The zero-order valence-electron chi connectivity index (χ0n) is 23.7. The van der Waals surface area contributed by atoms with Gasteiger partial charge in [-0.1, -0.05) is 75.4 Å². The average molecular weight is 588 g/mol. The van der Waals surface area contributed by atoms with E-state index >= 15 is 0 Å². The third-order valence-electron chi connectivity index (χ3n) is 6.81. The molecule has 0 aliphatic carbocycles. The summed E-state index contributed by atoms with van der Waals surface area (Å²) < 4.78 is 30.7. The van der Waals surface area contributed by atoms with Crippen molar-refractivity contribution in [3.63, 3.8) is 0 Å². The van der Waals surface area contributed by atoms with E-state index in [2.05, 4.69) is 43.3 Å². The molecule has 5 rings (SSSR count). The van der Waals surface area contributed by atoms with Gasteiger partial charge in [0.05, 0.1) is 20.8 Å². The monoisotopic (exact) mass is 587 g/mol. The number of carbonyl (C=O) groups is 1. The molecule has 1 N–H and O–H groups in total. The number of fused-ring (bicyclic) bond motifs is 1. The Hall–Kier alpha value is -3.86. The first-order chi connectivity index (χ1) is 19.5. The van der Waals surface area contributed by atoms with E-state index in [0.29, 0.717) is 23.1 Å². The fourth-order valence-electron chi connectivity index (χ4n) is 4.47. The van der Waals surface area contributed by atoms with Gasteiger partial charge in [0.1, 0.15) is 5.82 Å². The summed E-state index contributed by atoms with van der Waals surface area (Å²) in [5.41, 5.74) is 4.08. The summed E-state index contributed by atoms with van der Waals surface area (Å²) in [5.74, 6) is 0.113. The fraction of sp³-hybridized carbons (Fsp3) is 0.258. The zero-order valence-corrected chi connectivity index (χ0v) is 25.4. The van der Waals surface area contributed by atoms with Crippen molar-refractivity contribution in [2.24, 2.45) is 0 Å². The van der Waals surface area contributed by atoms with E-state index in [9.17, 15) is 13.2 Å². The highest BCUT2D eigenvalue weighted by Gasteiger charge is 2.24. The number of nitrogens with zero attached hydrogens (tertiary/aromatic N) is 4. The van der Waals surface area contributed by atoms with E-state index in [1.165, 1.54) is 45.5 Å². The Kier molecular flexibility index (Phi) is 7.83. The molecule has 0 bridgehead atoms. The topological polar surface area (TPSA) is 97.2 Å². The van der Waals surface area contributed by atoms with Crippen molar-refractivity contribution < 1.29 is 13.2 Å². The maximum Gasteiger partial charge on any atom is 0.256 e. The molecule has 41 heavy (non-hydrogen) atoms. The smallest absolute Gasteiger partial charge is 0.256 e. The lowest BCUT2D eigenvalue weighted by Gasteiger charge is -2.20. The number of carbonyl (C=O) groups excluding carboxylic acids is 1. The number of hydrogen-bond acceptors (Lipinski definition) is 6. The summed E-state index contributed by atoms with van der Waals surface area (Å²) in [6, 6.07) is 23.5. The summed E-state index contributed by atoms with van der Waals surface area (Å²) in [4.78, 5) is 18.1. The third kappa shape index (κ3) is 6.09. The van der Waals surface area contributed by atoms with Crippen molar-refractivity contribution in [1.29, 1.82) is 0 Å². The zero-order chi connectivity index (χ0) is 29.4. The summed E-state index contributed by atoms with van der Waals surface area (Å²) in [6.45, 7) is 10.8. The molecule has 212 valence electrons. The van der Waals surface area contributed by atoms with E-state index in [-0.39, 0.29) is 22.8 Å². The molecule has 0 saturated carbocycles. The predicted molar refractivity (Wildman–Crippen MR) is 164 cm³/mol. The van der Waals surface area contributed by atoms with Crippen LogP contribution in [0.5, 0.6) is 0 Å². The van der Waals surface area contributed by atoms with Crippen LogP contribution >= 0.6 is 11.3 Å². The molecule has 10 heteroatoms. The molecule has 0 unspecified atom stereocenters. The Balaban J connectivity index is 1.36. The van der Waals surface area contributed by atoms with Crippen LogP contribution in [0.1, 0.15) is 54.9 Å². The van der Waals surface area contributed by atoms with Gasteiger partial charge in [-0.2, -0.15) is 14.1 Å². The minimum Gasteiger partial charge on any atom is -0.306 e. The number of aromatic nitrogens is 3. The van der Waals surface area contributed by atoms with E-state index in [4.69, 9.17) is 4.98 Å². The van der Waals surface area contributed by atoms with Gasteiger partial charge in [-0.05, 0) is 59.9 Å². The van der Waals surface area contributed by atoms with Gasteiger partial charge >= 0.3 is 0 Å². The third-order valence-corrected chi connectivity index (χ3v) is 9.73.